The maximum atomic E-state index is 5.06. The Morgan fingerprint density at radius 1 is 1.35 bits per heavy atom. The van der Waals surface area contributed by atoms with E-state index < -0.39 is 0 Å². The minimum atomic E-state index is 0.610. The number of fused-ring (bicyclic) bond motifs is 1. The Hall–Kier alpha value is -2.24. The van der Waals surface area contributed by atoms with E-state index >= 15 is 0 Å². The molecule has 17 heavy (non-hydrogen) atoms. The molecule has 0 saturated carbocycles. The summed E-state index contributed by atoms with van der Waals surface area (Å²) in [7, 11) is 0. The van der Waals surface area contributed by atoms with Gasteiger partial charge in [-0.15, -0.1) is 10.2 Å². The molecule has 0 atom stereocenters. The summed E-state index contributed by atoms with van der Waals surface area (Å²) in [5.41, 5.74) is 2.69. The molecule has 3 aromatic rings. The lowest BCUT2D eigenvalue weighted by Crippen LogP contribution is -1.98. The molecule has 86 valence electrons. The topological polar surface area (TPSA) is 69.6 Å². The van der Waals surface area contributed by atoms with Crippen LogP contribution < -0.4 is 0 Å². The Morgan fingerprint density at radius 3 is 3.06 bits per heavy atom. The zero-order valence-corrected chi connectivity index (χ0v) is 9.37. The highest BCUT2D eigenvalue weighted by atomic mass is 16.5. The van der Waals surface area contributed by atoms with Gasteiger partial charge in [-0.2, -0.15) is 0 Å². The fraction of sp³-hybridized carbons (Fsp3) is 0.273. The predicted molar refractivity (Wildman–Crippen MR) is 61.1 cm³/mol. The van der Waals surface area contributed by atoms with Crippen molar-refractivity contribution in [3.05, 3.63) is 24.4 Å². The molecule has 0 fully saturated rings. The molecular formula is C11H11N5O. The molecule has 1 aromatic carbocycles. The van der Waals surface area contributed by atoms with E-state index in [1.165, 1.54) is 0 Å². The maximum absolute atomic E-state index is 5.06. The summed E-state index contributed by atoms with van der Waals surface area (Å²) >= 11 is 0. The van der Waals surface area contributed by atoms with Gasteiger partial charge >= 0.3 is 0 Å². The summed E-state index contributed by atoms with van der Waals surface area (Å²) in [6.45, 7) is 2.96. The molecule has 0 unspecified atom stereocenters. The zero-order chi connectivity index (χ0) is 11.7. The van der Waals surface area contributed by atoms with Gasteiger partial charge in [0.1, 0.15) is 5.52 Å². The Labute approximate surface area is 97.2 Å². The zero-order valence-electron chi connectivity index (χ0n) is 9.37. The first-order valence-corrected chi connectivity index (χ1v) is 5.50. The summed E-state index contributed by atoms with van der Waals surface area (Å²) in [5, 5.41) is 15.5. The number of rotatable bonds is 3. The van der Waals surface area contributed by atoms with E-state index in [0.717, 1.165) is 29.6 Å². The van der Waals surface area contributed by atoms with Crippen molar-refractivity contribution < 1.29 is 4.52 Å². The van der Waals surface area contributed by atoms with Crippen molar-refractivity contribution in [2.45, 2.75) is 19.9 Å². The molecule has 0 bridgehead atoms. The van der Waals surface area contributed by atoms with Crippen molar-refractivity contribution in [1.29, 1.82) is 0 Å². The Morgan fingerprint density at radius 2 is 2.29 bits per heavy atom. The van der Waals surface area contributed by atoms with E-state index in [9.17, 15) is 0 Å². The number of nitrogens with zero attached hydrogens (tertiary/aromatic N) is 5. The van der Waals surface area contributed by atoms with Crippen LogP contribution in [0.4, 0.5) is 0 Å². The lowest BCUT2D eigenvalue weighted by Gasteiger charge is -1.99. The van der Waals surface area contributed by atoms with Gasteiger partial charge in [0.15, 0.2) is 5.76 Å². The number of aromatic nitrogens is 5. The van der Waals surface area contributed by atoms with Gasteiger partial charge in [0.25, 0.3) is 0 Å². The standard InChI is InChI=1S/C11H11N5O/c1-2-6-16-9-5-3-4-8(11(9)13-14-16)10-7-12-15-17-10/h3-5,7H,2,6H2,1H3. The molecule has 0 aliphatic carbocycles. The minimum absolute atomic E-state index is 0.610. The van der Waals surface area contributed by atoms with Crippen molar-refractivity contribution in [2.75, 3.05) is 0 Å². The van der Waals surface area contributed by atoms with Crippen LogP contribution in [0.1, 0.15) is 13.3 Å². The first-order valence-electron chi connectivity index (χ1n) is 5.50. The molecule has 2 heterocycles. The predicted octanol–water partition coefficient (Wildman–Crippen LogP) is 1.89. The van der Waals surface area contributed by atoms with Crippen LogP contribution in [0.25, 0.3) is 22.4 Å². The molecule has 0 radical (unpaired) electrons. The second-order valence-corrected chi connectivity index (χ2v) is 3.77. The number of hydrogen-bond donors (Lipinski definition) is 0. The van der Waals surface area contributed by atoms with Crippen molar-refractivity contribution in [3.8, 4) is 11.3 Å². The maximum Gasteiger partial charge on any atom is 0.189 e. The van der Waals surface area contributed by atoms with Crippen molar-refractivity contribution in [1.82, 2.24) is 25.4 Å². The Bertz CT molecular complexity index is 628. The van der Waals surface area contributed by atoms with Gasteiger partial charge in [-0.3, -0.25) is 0 Å². The van der Waals surface area contributed by atoms with Gasteiger partial charge in [-0.05, 0) is 18.6 Å². The largest absolute Gasteiger partial charge is 0.337 e. The van der Waals surface area contributed by atoms with Crippen LogP contribution >= 0.6 is 0 Å². The average Bonchev–Trinajstić information content (AvgIpc) is 2.98. The quantitative estimate of drug-likeness (QED) is 0.686. The average molecular weight is 229 g/mol. The minimum Gasteiger partial charge on any atom is -0.337 e. The summed E-state index contributed by atoms with van der Waals surface area (Å²) in [6, 6.07) is 5.88. The number of hydrogen-bond acceptors (Lipinski definition) is 5. The van der Waals surface area contributed by atoms with Crippen molar-refractivity contribution in [3.63, 3.8) is 0 Å². The van der Waals surface area contributed by atoms with E-state index in [4.69, 9.17) is 4.52 Å². The third-order valence-corrected chi connectivity index (χ3v) is 2.61. The highest BCUT2D eigenvalue weighted by Crippen LogP contribution is 2.25. The van der Waals surface area contributed by atoms with E-state index in [2.05, 4.69) is 27.6 Å². The lowest BCUT2D eigenvalue weighted by atomic mass is 10.1. The second kappa shape index (κ2) is 3.97. The van der Waals surface area contributed by atoms with E-state index in [-0.39, 0.29) is 0 Å². The highest BCUT2D eigenvalue weighted by Gasteiger charge is 2.12. The van der Waals surface area contributed by atoms with Crippen LogP contribution in [0.15, 0.2) is 28.9 Å². The summed E-state index contributed by atoms with van der Waals surface area (Å²) in [6.07, 6.45) is 2.60. The van der Waals surface area contributed by atoms with Crippen LogP contribution in [0.5, 0.6) is 0 Å². The van der Waals surface area contributed by atoms with E-state index in [0.29, 0.717) is 5.76 Å². The molecule has 6 nitrogen and oxygen atoms in total. The van der Waals surface area contributed by atoms with E-state index in [1.54, 1.807) is 6.20 Å². The summed E-state index contributed by atoms with van der Waals surface area (Å²) in [5.74, 6) is 0.610. The van der Waals surface area contributed by atoms with Gasteiger partial charge in [0.05, 0.1) is 17.3 Å². The molecule has 0 aliphatic rings. The molecule has 0 N–H and O–H groups in total. The van der Waals surface area contributed by atoms with Crippen molar-refractivity contribution in [2.24, 2.45) is 0 Å². The normalized spacial score (nSPS) is 11.1. The second-order valence-electron chi connectivity index (χ2n) is 3.77. The molecule has 0 amide bonds. The molecule has 0 saturated heterocycles. The Kier molecular flexibility index (Phi) is 2.32. The summed E-state index contributed by atoms with van der Waals surface area (Å²) in [4.78, 5) is 0. The number of benzene rings is 1. The van der Waals surface area contributed by atoms with Crippen molar-refractivity contribution >= 4 is 11.0 Å². The first kappa shape index (κ1) is 9.95. The SMILES string of the molecule is CCCn1nnc2c(-c3cnno3)cccc21. The van der Waals surface area contributed by atoms with Crippen LogP contribution in [0.3, 0.4) is 0 Å². The molecule has 6 heteroatoms. The lowest BCUT2D eigenvalue weighted by molar-refractivity contribution is 0.404. The van der Waals surface area contributed by atoms with Gasteiger partial charge in [-0.1, -0.05) is 18.2 Å². The van der Waals surface area contributed by atoms with Crippen LogP contribution in [-0.2, 0) is 6.54 Å². The fourth-order valence-corrected chi connectivity index (χ4v) is 1.85. The monoisotopic (exact) mass is 229 g/mol. The molecule has 3 rings (SSSR count). The van der Waals surface area contributed by atoms with Gasteiger partial charge in [0, 0.05) is 11.8 Å². The van der Waals surface area contributed by atoms with Crippen LogP contribution in [-0.4, -0.2) is 25.4 Å². The Balaban J connectivity index is 2.21. The molecule has 0 spiro atoms. The third kappa shape index (κ3) is 1.57. The number of aryl methyl sites for hydroxylation is 1. The smallest absolute Gasteiger partial charge is 0.189 e. The van der Waals surface area contributed by atoms with Gasteiger partial charge < -0.3 is 4.52 Å². The van der Waals surface area contributed by atoms with Gasteiger partial charge in [0.2, 0.25) is 0 Å². The third-order valence-electron chi connectivity index (χ3n) is 2.61. The molecule has 2 aromatic heterocycles. The van der Waals surface area contributed by atoms with Gasteiger partial charge in [-0.25, -0.2) is 4.68 Å². The van der Waals surface area contributed by atoms with E-state index in [1.807, 2.05) is 22.9 Å². The highest BCUT2D eigenvalue weighted by molar-refractivity contribution is 5.89. The molecule has 0 aliphatic heterocycles. The van der Waals surface area contributed by atoms with Crippen LogP contribution in [0, 0.1) is 0 Å². The fourth-order valence-electron chi connectivity index (χ4n) is 1.85. The van der Waals surface area contributed by atoms with Crippen LogP contribution in [0.2, 0.25) is 0 Å². The summed E-state index contributed by atoms with van der Waals surface area (Å²) < 4.78 is 6.95. The first-order chi connectivity index (χ1) is 8.40. The molecular weight excluding hydrogens is 218 g/mol.